The monoisotopic (exact) mass is 421 g/mol. The molecular weight excluding hydrogens is 398 g/mol. The maximum Gasteiger partial charge on any atom is 0.338 e. The number of nitrogens with one attached hydrogen (secondary N) is 1. The van der Waals surface area contributed by atoms with E-state index in [0.29, 0.717) is 30.2 Å². The third-order valence-corrected chi connectivity index (χ3v) is 4.31. The van der Waals surface area contributed by atoms with Gasteiger partial charge in [0, 0.05) is 0 Å². The quantitative estimate of drug-likeness (QED) is 0.299. The Morgan fingerprint density at radius 3 is 2.68 bits per heavy atom. The number of ether oxygens (including phenoxy) is 3. The number of carbonyl (C=O) groups is 1. The summed E-state index contributed by atoms with van der Waals surface area (Å²) < 4.78 is 16.4. The third-order valence-electron chi connectivity index (χ3n) is 4.31. The van der Waals surface area contributed by atoms with E-state index in [1.807, 2.05) is 38.1 Å². The fourth-order valence-corrected chi connectivity index (χ4v) is 2.85. The minimum atomic E-state index is -0.670. The number of imidazole rings is 1. The van der Waals surface area contributed by atoms with Crippen LogP contribution in [0.25, 0.3) is 16.6 Å². The van der Waals surface area contributed by atoms with Crippen molar-refractivity contribution in [2.24, 2.45) is 0 Å². The van der Waals surface area contributed by atoms with Gasteiger partial charge in [-0.3, -0.25) is 0 Å². The Morgan fingerprint density at radius 1 is 1.16 bits per heavy atom. The number of hydrogen-bond donors (Lipinski definition) is 2. The Morgan fingerprint density at radius 2 is 1.97 bits per heavy atom. The zero-order chi connectivity index (χ0) is 22.2. The highest BCUT2D eigenvalue weighted by atomic mass is 16.5. The molecule has 0 aliphatic heterocycles. The molecule has 2 N–H and O–H groups in total. The van der Waals surface area contributed by atoms with Gasteiger partial charge in [0.1, 0.15) is 18.2 Å². The van der Waals surface area contributed by atoms with Crippen LogP contribution in [0.5, 0.6) is 11.5 Å². The molecule has 0 saturated heterocycles. The van der Waals surface area contributed by atoms with Gasteiger partial charge < -0.3 is 24.3 Å². The molecular formula is C23H23N3O5. The Labute approximate surface area is 179 Å². The fourth-order valence-electron chi connectivity index (χ4n) is 2.85. The van der Waals surface area contributed by atoms with Gasteiger partial charge in [-0.1, -0.05) is 19.1 Å². The summed E-state index contributed by atoms with van der Waals surface area (Å²) in [6, 6.07) is 13.9. The standard InChI is InChI=1S/C23H23N3O5/c1-3-11-30-20-10-9-15(12-21(20)29-4-2)23(28)31-14-19(27)16(13-24)22-25-17-7-5-6-8-18(17)26-22/h5-10,12,27H,3-4,11,14H2,1-2H3,(H,25,26)/b19-16-. The first-order chi connectivity index (χ1) is 15.1. The molecule has 3 aromatic rings. The number of H-pyrrole nitrogens is 1. The van der Waals surface area contributed by atoms with Crippen molar-refractivity contribution in [3.05, 3.63) is 59.6 Å². The first-order valence-corrected chi connectivity index (χ1v) is 9.91. The minimum Gasteiger partial charge on any atom is -0.507 e. The van der Waals surface area contributed by atoms with Gasteiger partial charge in [-0.25, -0.2) is 9.78 Å². The predicted molar refractivity (Wildman–Crippen MR) is 115 cm³/mol. The van der Waals surface area contributed by atoms with Crippen molar-refractivity contribution in [3.63, 3.8) is 0 Å². The predicted octanol–water partition coefficient (Wildman–Crippen LogP) is 4.40. The number of allylic oxidation sites excluding steroid dienone is 1. The van der Waals surface area contributed by atoms with Gasteiger partial charge in [-0.2, -0.15) is 5.26 Å². The normalized spacial score (nSPS) is 11.5. The zero-order valence-corrected chi connectivity index (χ0v) is 17.3. The number of hydrogen-bond acceptors (Lipinski definition) is 7. The number of carbonyl (C=O) groups excluding carboxylic acids is 1. The Hall–Kier alpha value is -3.99. The molecule has 0 fully saturated rings. The molecule has 2 aromatic carbocycles. The molecule has 0 saturated carbocycles. The second kappa shape index (κ2) is 10.2. The Balaban J connectivity index is 1.75. The highest BCUT2D eigenvalue weighted by Crippen LogP contribution is 2.29. The van der Waals surface area contributed by atoms with E-state index >= 15 is 0 Å². The molecule has 31 heavy (non-hydrogen) atoms. The van der Waals surface area contributed by atoms with E-state index in [2.05, 4.69) is 9.97 Å². The summed E-state index contributed by atoms with van der Waals surface area (Å²) in [7, 11) is 0. The molecule has 0 aliphatic rings. The minimum absolute atomic E-state index is 0.0951. The first kappa shape index (κ1) is 21.7. The Bertz CT molecular complexity index is 1110. The maximum absolute atomic E-state index is 12.5. The Kier molecular flexibility index (Phi) is 7.12. The van der Waals surface area contributed by atoms with Crippen LogP contribution in [0.3, 0.4) is 0 Å². The molecule has 0 amide bonds. The third kappa shape index (κ3) is 5.14. The number of rotatable bonds is 9. The van der Waals surface area contributed by atoms with Crippen molar-refractivity contribution in [3.8, 4) is 17.6 Å². The summed E-state index contributed by atoms with van der Waals surface area (Å²) in [4.78, 5) is 19.7. The second-order valence-corrected chi connectivity index (χ2v) is 6.56. The van der Waals surface area contributed by atoms with E-state index in [1.54, 1.807) is 18.2 Å². The smallest absolute Gasteiger partial charge is 0.338 e. The van der Waals surface area contributed by atoms with Gasteiger partial charge in [0.2, 0.25) is 0 Å². The summed E-state index contributed by atoms with van der Waals surface area (Å²) in [5.41, 5.74) is 1.53. The topological polar surface area (TPSA) is 117 Å². The SMILES string of the molecule is CCCOc1ccc(C(=O)OC/C(O)=C(\C#N)c2nc3ccccc3[nH]2)cc1OCC. The van der Waals surface area contributed by atoms with E-state index in [4.69, 9.17) is 14.2 Å². The van der Waals surface area contributed by atoms with Crippen molar-refractivity contribution < 1.29 is 24.1 Å². The van der Waals surface area contributed by atoms with E-state index in [0.717, 1.165) is 11.9 Å². The number of para-hydroxylation sites is 2. The molecule has 0 radical (unpaired) electrons. The van der Waals surface area contributed by atoms with E-state index in [9.17, 15) is 15.2 Å². The highest BCUT2D eigenvalue weighted by molar-refractivity contribution is 5.90. The second-order valence-electron chi connectivity index (χ2n) is 6.56. The number of nitriles is 1. The summed E-state index contributed by atoms with van der Waals surface area (Å²) in [5, 5.41) is 19.8. The van der Waals surface area contributed by atoms with Gasteiger partial charge in [0.15, 0.2) is 23.1 Å². The van der Waals surface area contributed by atoms with Crippen LogP contribution in [-0.4, -0.2) is 40.9 Å². The van der Waals surface area contributed by atoms with Crippen molar-refractivity contribution in [2.75, 3.05) is 19.8 Å². The summed E-state index contributed by atoms with van der Waals surface area (Å²) in [6.07, 6.45) is 0.841. The lowest BCUT2D eigenvalue weighted by Gasteiger charge is -2.13. The lowest BCUT2D eigenvalue weighted by atomic mass is 10.2. The van der Waals surface area contributed by atoms with E-state index in [1.165, 1.54) is 6.07 Å². The van der Waals surface area contributed by atoms with Gasteiger partial charge >= 0.3 is 5.97 Å². The number of aromatic nitrogens is 2. The average Bonchev–Trinajstić information content (AvgIpc) is 3.21. The van der Waals surface area contributed by atoms with Crippen molar-refractivity contribution in [1.29, 1.82) is 5.26 Å². The van der Waals surface area contributed by atoms with Crippen molar-refractivity contribution in [2.45, 2.75) is 20.3 Å². The molecule has 1 aromatic heterocycles. The van der Waals surface area contributed by atoms with Crippen LogP contribution >= 0.6 is 0 Å². The van der Waals surface area contributed by atoms with Crippen LogP contribution in [0.1, 0.15) is 36.5 Å². The van der Waals surface area contributed by atoms with Crippen LogP contribution in [0, 0.1) is 11.3 Å². The van der Waals surface area contributed by atoms with Crippen molar-refractivity contribution in [1.82, 2.24) is 9.97 Å². The molecule has 1 heterocycles. The highest BCUT2D eigenvalue weighted by Gasteiger charge is 2.17. The number of fused-ring (bicyclic) bond motifs is 1. The summed E-state index contributed by atoms with van der Waals surface area (Å²) in [6.45, 7) is 4.29. The molecule has 3 rings (SSSR count). The number of aliphatic hydroxyl groups excluding tert-OH is 1. The fraction of sp³-hybridized carbons (Fsp3) is 0.261. The summed E-state index contributed by atoms with van der Waals surface area (Å²) >= 11 is 0. The van der Waals surface area contributed by atoms with Crippen molar-refractivity contribution >= 4 is 22.6 Å². The lowest BCUT2D eigenvalue weighted by molar-refractivity contribution is 0.0502. The van der Waals surface area contributed by atoms with Crippen LogP contribution in [0.4, 0.5) is 0 Å². The largest absolute Gasteiger partial charge is 0.507 e. The molecule has 0 spiro atoms. The lowest BCUT2D eigenvalue weighted by Crippen LogP contribution is -2.10. The van der Waals surface area contributed by atoms with Gasteiger partial charge in [0.05, 0.1) is 29.8 Å². The van der Waals surface area contributed by atoms with Crippen LogP contribution < -0.4 is 9.47 Å². The number of aromatic amines is 1. The van der Waals surface area contributed by atoms with Gasteiger partial charge in [-0.05, 0) is 43.7 Å². The molecule has 160 valence electrons. The van der Waals surface area contributed by atoms with Gasteiger partial charge in [0.25, 0.3) is 0 Å². The van der Waals surface area contributed by atoms with E-state index in [-0.39, 0.29) is 17.0 Å². The van der Waals surface area contributed by atoms with E-state index < -0.39 is 18.3 Å². The summed E-state index contributed by atoms with van der Waals surface area (Å²) in [5.74, 6) is 0.109. The number of aliphatic hydroxyl groups is 1. The van der Waals surface area contributed by atoms with Crippen LogP contribution in [0.2, 0.25) is 0 Å². The molecule has 0 unspecified atom stereocenters. The molecule has 8 heteroatoms. The molecule has 0 aliphatic carbocycles. The number of esters is 1. The van der Waals surface area contributed by atoms with Crippen LogP contribution in [0.15, 0.2) is 48.2 Å². The average molecular weight is 421 g/mol. The first-order valence-electron chi connectivity index (χ1n) is 9.91. The van der Waals surface area contributed by atoms with Crippen LogP contribution in [-0.2, 0) is 4.74 Å². The molecule has 8 nitrogen and oxygen atoms in total. The number of nitrogens with zero attached hydrogens (tertiary/aromatic N) is 2. The molecule has 0 bridgehead atoms. The molecule has 0 atom stereocenters. The zero-order valence-electron chi connectivity index (χ0n) is 17.3. The maximum atomic E-state index is 12.5. The number of benzene rings is 2. The van der Waals surface area contributed by atoms with Gasteiger partial charge in [-0.15, -0.1) is 0 Å².